The highest BCUT2D eigenvalue weighted by atomic mass is 35.5. The molecule has 130 valence electrons. The Labute approximate surface area is 149 Å². The Balaban J connectivity index is 2.39. The summed E-state index contributed by atoms with van der Waals surface area (Å²) < 4.78 is 1.76. The van der Waals surface area contributed by atoms with Gasteiger partial charge in [-0.2, -0.15) is 5.10 Å². The summed E-state index contributed by atoms with van der Waals surface area (Å²) in [5.74, 6) is 0.662. The molecule has 0 atom stereocenters. The van der Waals surface area contributed by atoms with Gasteiger partial charge in [-0.15, -0.1) is 0 Å². The summed E-state index contributed by atoms with van der Waals surface area (Å²) in [5.41, 5.74) is 1.60. The van der Waals surface area contributed by atoms with Crippen molar-refractivity contribution >= 4 is 23.3 Å². The fraction of sp³-hybridized carbons (Fsp3) is 0.474. The second kappa shape index (κ2) is 6.60. The van der Waals surface area contributed by atoms with Crippen molar-refractivity contribution in [2.45, 2.75) is 53.4 Å². The number of amides is 1. The van der Waals surface area contributed by atoms with Gasteiger partial charge in [0.2, 0.25) is 5.91 Å². The van der Waals surface area contributed by atoms with E-state index in [-0.39, 0.29) is 16.7 Å². The molecule has 0 unspecified atom stereocenters. The van der Waals surface area contributed by atoms with Crippen molar-refractivity contribution in [3.63, 3.8) is 0 Å². The van der Waals surface area contributed by atoms with Crippen LogP contribution in [0.25, 0.3) is 5.69 Å². The summed E-state index contributed by atoms with van der Waals surface area (Å²) in [7, 11) is 0. The summed E-state index contributed by atoms with van der Waals surface area (Å²) in [6.07, 6.45) is 0.448. The minimum Gasteiger partial charge on any atom is -0.311 e. The van der Waals surface area contributed by atoms with Crippen molar-refractivity contribution in [3.8, 4) is 5.69 Å². The van der Waals surface area contributed by atoms with E-state index < -0.39 is 0 Å². The Kier molecular flexibility index (Phi) is 5.09. The lowest BCUT2D eigenvalue weighted by Gasteiger charge is -2.17. The molecule has 0 fully saturated rings. The summed E-state index contributed by atoms with van der Waals surface area (Å²) in [6.45, 7) is 12.4. The Morgan fingerprint density at radius 3 is 2.21 bits per heavy atom. The maximum atomic E-state index is 12.4. The van der Waals surface area contributed by atoms with Crippen molar-refractivity contribution in [1.29, 1.82) is 0 Å². The second-order valence-electron chi connectivity index (χ2n) is 8.34. The molecule has 2 rings (SSSR count). The number of aromatic nitrogens is 2. The first-order chi connectivity index (χ1) is 11.0. The molecule has 5 heteroatoms. The molecule has 0 aliphatic rings. The molecule has 1 amide bonds. The Hall–Kier alpha value is -1.81. The lowest BCUT2D eigenvalue weighted by molar-refractivity contribution is -0.117. The zero-order chi connectivity index (χ0) is 18.1. The number of halogens is 1. The molecule has 2 aromatic rings. The third-order valence-electron chi connectivity index (χ3n) is 3.51. The topological polar surface area (TPSA) is 46.9 Å². The van der Waals surface area contributed by atoms with Crippen LogP contribution in [0.15, 0.2) is 30.3 Å². The van der Waals surface area contributed by atoms with Gasteiger partial charge < -0.3 is 5.32 Å². The van der Waals surface area contributed by atoms with Crippen LogP contribution in [0.5, 0.6) is 0 Å². The van der Waals surface area contributed by atoms with E-state index in [9.17, 15) is 4.79 Å². The van der Waals surface area contributed by atoms with E-state index in [1.807, 2.05) is 51.1 Å². The van der Waals surface area contributed by atoms with Crippen LogP contribution in [0, 0.1) is 5.41 Å². The van der Waals surface area contributed by atoms with Gasteiger partial charge in [-0.3, -0.25) is 4.79 Å². The van der Waals surface area contributed by atoms with Crippen LogP contribution in [0.2, 0.25) is 5.02 Å². The quantitative estimate of drug-likeness (QED) is 0.829. The first-order valence-electron chi connectivity index (χ1n) is 8.12. The number of nitrogens with one attached hydrogen (secondary N) is 1. The van der Waals surface area contributed by atoms with Gasteiger partial charge in [0, 0.05) is 22.9 Å². The smallest absolute Gasteiger partial charge is 0.226 e. The third kappa shape index (κ3) is 4.84. The zero-order valence-corrected chi connectivity index (χ0v) is 16.0. The van der Waals surface area contributed by atoms with Gasteiger partial charge in [0.1, 0.15) is 5.82 Å². The fourth-order valence-corrected chi connectivity index (χ4v) is 2.41. The van der Waals surface area contributed by atoms with Crippen LogP contribution < -0.4 is 5.32 Å². The van der Waals surface area contributed by atoms with Crippen molar-refractivity contribution in [1.82, 2.24) is 9.78 Å². The number of nitrogens with zero attached hydrogens (tertiary/aromatic N) is 2. The molecule has 0 saturated carbocycles. The standard InChI is InChI=1S/C19H26ClN3O/c1-18(2,3)12-17(24)21-16-11-15(19(4,5)6)22-23(16)14-9-7-13(20)8-10-14/h7-11H,12H2,1-6H3,(H,21,24). The van der Waals surface area contributed by atoms with E-state index in [1.165, 1.54) is 0 Å². The van der Waals surface area contributed by atoms with E-state index in [4.69, 9.17) is 11.6 Å². The predicted octanol–water partition coefficient (Wildman–Crippen LogP) is 5.20. The number of benzene rings is 1. The summed E-state index contributed by atoms with van der Waals surface area (Å²) >= 11 is 5.97. The predicted molar refractivity (Wildman–Crippen MR) is 100.0 cm³/mol. The van der Waals surface area contributed by atoms with Crippen LogP contribution in [0.1, 0.15) is 53.7 Å². The van der Waals surface area contributed by atoms with E-state index in [0.29, 0.717) is 17.3 Å². The zero-order valence-electron chi connectivity index (χ0n) is 15.3. The largest absolute Gasteiger partial charge is 0.311 e. The number of hydrogen-bond donors (Lipinski definition) is 1. The van der Waals surface area contributed by atoms with Crippen LogP contribution in [0.4, 0.5) is 5.82 Å². The Bertz CT molecular complexity index is 719. The molecule has 1 heterocycles. The average molecular weight is 348 g/mol. The van der Waals surface area contributed by atoms with Gasteiger partial charge >= 0.3 is 0 Å². The number of carbonyl (C=O) groups is 1. The minimum absolute atomic E-state index is 0.0157. The maximum Gasteiger partial charge on any atom is 0.226 e. The molecular formula is C19H26ClN3O. The van der Waals surface area contributed by atoms with E-state index in [2.05, 4.69) is 31.2 Å². The number of hydrogen-bond acceptors (Lipinski definition) is 2. The molecule has 0 spiro atoms. The second-order valence-corrected chi connectivity index (χ2v) is 8.78. The van der Waals surface area contributed by atoms with Crippen LogP contribution in [-0.2, 0) is 10.2 Å². The van der Waals surface area contributed by atoms with Crippen molar-refractivity contribution in [2.75, 3.05) is 5.32 Å². The molecule has 24 heavy (non-hydrogen) atoms. The lowest BCUT2D eigenvalue weighted by atomic mass is 9.92. The molecule has 0 saturated heterocycles. The Morgan fingerprint density at radius 1 is 1.12 bits per heavy atom. The van der Waals surface area contributed by atoms with Gasteiger partial charge in [0.05, 0.1) is 11.4 Å². The molecule has 1 N–H and O–H groups in total. The highest BCUT2D eigenvalue weighted by Gasteiger charge is 2.23. The van der Waals surface area contributed by atoms with Gasteiger partial charge in [-0.25, -0.2) is 4.68 Å². The molecule has 0 aliphatic heterocycles. The summed E-state index contributed by atoms with van der Waals surface area (Å²) in [5, 5.41) is 8.36. The van der Waals surface area contributed by atoms with Gasteiger partial charge in [0.25, 0.3) is 0 Å². The van der Waals surface area contributed by atoms with Gasteiger partial charge in [-0.1, -0.05) is 53.1 Å². The van der Waals surface area contributed by atoms with Crippen LogP contribution in [0.3, 0.4) is 0 Å². The highest BCUT2D eigenvalue weighted by molar-refractivity contribution is 6.30. The van der Waals surface area contributed by atoms with Gasteiger partial charge in [0.15, 0.2) is 0 Å². The van der Waals surface area contributed by atoms with Gasteiger partial charge in [-0.05, 0) is 29.7 Å². The minimum atomic E-state index is -0.110. The summed E-state index contributed by atoms with van der Waals surface area (Å²) in [4.78, 5) is 12.4. The molecular weight excluding hydrogens is 322 g/mol. The SMILES string of the molecule is CC(C)(C)CC(=O)Nc1cc(C(C)(C)C)nn1-c1ccc(Cl)cc1. The van der Waals surface area contributed by atoms with E-state index >= 15 is 0 Å². The fourth-order valence-electron chi connectivity index (χ4n) is 2.28. The lowest BCUT2D eigenvalue weighted by Crippen LogP contribution is -2.21. The first-order valence-corrected chi connectivity index (χ1v) is 8.50. The summed E-state index contributed by atoms with van der Waals surface area (Å²) in [6, 6.07) is 9.35. The number of rotatable bonds is 3. The van der Waals surface area contributed by atoms with Crippen molar-refractivity contribution < 1.29 is 4.79 Å². The normalized spacial score (nSPS) is 12.3. The number of carbonyl (C=O) groups excluding carboxylic acids is 1. The molecule has 0 radical (unpaired) electrons. The molecule has 1 aromatic heterocycles. The van der Waals surface area contributed by atoms with Crippen LogP contribution >= 0.6 is 11.6 Å². The van der Waals surface area contributed by atoms with E-state index in [0.717, 1.165) is 11.4 Å². The third-order valence-corrected chi connectivity index (χ3v) is 3.76. The molecule has 0 aliphatic carbocycles. The monoisotopic (exact) mass is 347 g/mol. The van der Waals surface area contributed by atoms with Crippen molar-refractivity contribution in [2.24, 2.45) is 5.41 Å². The molecule has 1 aromatic carbocycles. The average Bonchev–Trinajstić information content (AvgIpc) is 2.81. The van der Waals surface area contributed by atoms with Crippen LogP contribution in [-0.4, -0.2) is 15.7 Å². The maximum absolute atomic E-state index is 12.4. The van der Waals surface area contributed by atoms with Crippen molar-refractivity contribution in [3.05, 3.63) is 41.0 Å². The first kappa shape index (κ1) is 18.5. The Morgan fingerprint density at radius 2 is 1.71 bits per heavy atom. The van der Waals surface area contributed by atoms with E-state index in [1.54, 1.807) is 4.68 Å². The number of anilines is 1. The molecule has 0 bridgehead atoms. The highest BCUT2D eigenvalue weighted by Crippen LogP contribution is 2.27. The molecule has 4 nitrogen and oxygen atoms in total.